The van der Waals surface area contributed by atoms with Crippen molar-refractivity contribution in [2.24, 2.45) is 0 Å². The molecule has 30 heavy (non-hydrogen) atoms. The lowest BCUT2D eigenvalue weighted by molar-refractivity contribution is -0.116. The van der Waals surface area contributed by atoms with Crippen LogP contribution in [-0.4, -0.2) is 21.8 Å². The number of hydrogen-bond donors (Lipinski definition) is 1. The lowest BCUT2D eigenvalue weighted by atomic mass is 10.1. The Morgan fingerprint density at radius 3 is 2.60 bits per heavy atom. The zero-order valence-corrected chi connectivity index (χ0v) is 17.0. The summed E-state index contributed by atoms with van der Waals surface area (Å²) < 4.78 is 26.8. The molecule has 10 heteroatoms. The Hall–Kier alpha value is -3.10. The van der Waals surface area contributed by atoms with E-state index in [1.54, 1.807) is 6.07 Å². The Bertz CT molecular complexity index is 1130. The van der Waals surface area contributed by atoms with E-state index in [9.17, 15) is 18.4 Å². The first-order chi connectivity index (χ1) is 14.3. The van der Waals surface area contributed by atoms with Gasteiger partial charge in [0.2, 0.25) is 11.8 Å². The number of carbonyl (C=O) groups is 2. The number of carbonyl (C=O) groups excluding carboxylic acids is 2. The summed E-state index contributed by atoms with van der Waals surface area (Å²) >= 11 is 11.9. The Kier molecular flexibility index (Phi) is 6.59. The smallest absolute Gasteiger partial charge is 0.229 e. The average Bonchev–Trinajstić information content (AvgIpc) is 2.70. The van der Waals surface area contributed by atoms with Crippen LogP contribution >= 0.6 is 23.2 Å². The zero-order valence-electron chi connectivity index (χ0n) is 15.5. The SMILES string of the molecule is CC(=O)N(c1cc(NC(=O)Cc2ccc(F)c(F)c2Cl)ccn1)c1ccncc1Cl. The maximum Gasteiger partial charge on any atom is 0.229 e. The van der Waals surface area contributed by atoms with Crippen LogP contribution in [0, 0.1) is 11.6 Å². The Balaban J connectivity index is 1.83. The fraction of sp³-hybridized carbons (Fsp3) is 0.100. The van der Waals surface area contributed by atoms with Crippen LogP contribution < -0.4 is 10.2 Å². The van der Waals surface area contributed by atoms with Gasteiger partial charge in [-0.05, 0) is 23.8 Å². The number of benzene rings is 1. The molecule has 3 aromatic rings. The van der Waals surface area contributed by atoms with Gasteiger partial charge in [0.15, 0.2) is 11.6 Å². The van der Waals surface area contributed by atoms with Crippen LogP contribution in [0.3, 0.4) is 0 Å². The fourth-order valence-electron chi connectivity index (χ4n) is 2.70. The minimum Gasteiger partial charge on any atom is -0.326 e. The predicted molar refractivity (Wildman–Crippen MR) is 110 cm³/mol. The van der Waals surface area contributed by atoms with E-state index >= 15 is 0 Å². The largest absolute Gasteiger partial charge is 0.326 e. The Morgan fingerprint density at radius 1 is 1.13 bits per heavy atom. The van der Waals surface area contributed by atoms with Gasteiger partial charge in [-0.25, -0.2) is 13.8 Å². The number of nitrogens with zero attached hydrogens (tertiary/aromatic N) is 3. The van der Waals surface area contributed by atoms with Crippen molar-refractivity contribution in [1.29, 1.82) is 0 Å². The van der Waals surface area contributed by atoms with Gasteiger partial charge >= 0.3 is 0 Å². The van der Waals surface area contributed by atoms with Crippen LogP contribution in [0.4, 0.5) is 26.0 Å². The summed E-state index contributed by atoms with van der Waals surface area (Å²) in [6.07, 6.45) is 4.00. The number of nitrogens with one attached hydrogen (secondary N) is 1. The van der Waals surface area contributed by atoms with Gasteiger partial charge in [-0.1, -0.05) is 29.3 Å². The van der Waals surface area contributed by atoms with E-state index in [2.05, 4.69) is 15.3 Å². The normalized spacial score (nSPS) is 10.6. The number of pyridine rings is 2. The summed E-state index contributed by atoms with van der Waals surface area (Å²) in [5, 5.41) is 2.41. The summed E-state index contributed by atoms with van der Waals surface area (Å²) in [6.45, 7) is 1.34. The van der Waals surface area contributed by atoms with Crippen LogP contribution in [0.2, 0.25) is 10.0 Å². The van der Waals surface area contributed by atoms with Gasteiger partial charge in [0.05, 0.1) is 22.2 Å². The molecule has 0 atom stereocenters. The zero-order chi connectivity index (χ0) is 21.8. The maximum absolute atomic E-state index is 13.6. The van der Waals surface area contributed by atoms with Gasteiger partial charge in [0, 0.05) is 37.3 Å². The van der Waals surface area contributed by atoms with Crippen LogP contribution in [0.25, 0.3) is 0 Å². The molecule has 0 unspecified atom stereocenters. The molecule has 2 heterocycles. The summed E-state index contributed by atoms with van der Waals surface area (Å²) in [5.74, 6) is -2.95. The number of halogens is 4. The molecule has 0 radical (unpaired) electrons. The molecular weight excluding hydrogens is 437 g/mol. The number of anilines is 3. The lowest BCUT2D eigenvalue weighted by Gasteiger charge is -2.21. The van der Waals surface area contributed by atoms with Crippen LogP contribution in [0.1, 0.15) is 12.5 Å². The van der Waals surface area contributed by atoms with Gasteiger partial charge in [-0.3, -0.25) is 19.5 Å². The molecule has 0 saturated heterocycles. The van der Waals surface area contributed by atoms with Crippen molar-refractivity contribution in [3.63, 3.8) is 0 Å². The monoisotopic (exact) mass is 450 g/mol. The van der Waals surface area contributed by atoms with Crippen molar-refractivity contribution in [3.05, 3.63) is 76.2 Å². The van der Waals surface area contributed by atoms with E-state index < -0.39 is 22.6 Å². The average molecular weight is 451 g/mol. The topological polar surface area (TPSA) is 75.2 Å². The molecule has 3 rings (SSSR count). The number of aromatic nitrogens is 2. The van der Waals surface area contributed by atoms with Crippen molar-refractivity contribution in [2.75, 3.05) is 10.2 Å². The third-order valence-electron chi connectivity index (χ3n) is 4.03. The quantitative estimate of drug-likeness (QED) is 0.559. The number of hydrogen-bond acceptors (Lipinski definition) is 4. The predicted octanol–water partition coefficient (Wildman–Crippen LogP) is 4.93. The second kappa shape index (κ2) is 9.15. The third kappa shape index (κ3) is 4.72. The van der Waals surface area contributed by atoms with Crippen molar-refractivity contribution in [2.45, 2.75) is 13.3 Å². The number of amides is 2. The van der Waals surface area contributed by atoms with Crippen molar-refractivity contribution < 1.29 is 18.4 Å². The first-order valence-corrected chi connectivity index (χ1v) is 9.32. The second-order valence-electron chi connectivity index (χ2n) is 6.14. The van der Waals surface area contributed by atoms with E-state index in [-0.39, 0.29) is 28.7 Å². The minimum absolute atomic E-state index is 0.135. The highest BCUT2D eigenvalue weighted by atomic mass is 35.5. The van der Waals surface area contributed by atoms with E-state index in [1.165, 1.54) is 48.6 Å². The molecule has 1 N–H and O–H groups in total. The highest BCUT2D eigenvalue weighted by molar-refractivity contribution is 6.34. The van der Waals surface area contributed by atoms with Gasteiger partial charge in [-0.2, -0.15) is 0 Å². The molecule has 0 aliphatic carbocycles. The summed E-state index contributed by atoms with van der Waals surface area (Å²) in [6, 6.07) is 6.68. The van der Waals surface area contributed by atoms with Crippen molar-refractivity contribution >= 4 is 52.2 Å². The van der Waals surface area contributed by atoms with E-state index in [4.69, 9.17) is 23.2 Å². The molecule has 154 valence electrons. The summed E-state index contributed by atoms with van der Waals surface area (Å²) in [5.41, 5.74) is 0.847. The highest BCUT2D eigenvalue weighted by Gasteiger charge is 2.19. The fourth-order valence-corrected chi connectivity index (χ4v) is 3.13. The van der Waals surface area contributed by atoms with Gasteiger partial charge in [0.25, 0.3) is 0 Å². The summed E-state index contributed by atoms with van der Waals surface area (Å²) in [7, 11) is 0. The molecule has 0 saturated carbocycles. The molecule has 2 amide bonds. The standard InChI is InChI=1S/C20H14Cl2F2N4O2/c1-11(29)28(16-5-6-25-10-14(16)21)17-9-13(4-7-26-17)27-18(30)8-12-2-3-15(23)20(24)19(12)22/h2-7,9-10H,8H2,1H3,(H,26,27,30). The van der Waals surface area contributed by atoms with E-state index in [0.29, 0.717) is 11.4 Å². The highest BCUT2D eigenvalue weighted by Crippen LogP contribution is 2.31. The molecule has 0 aliphatic rings. The second-order valence-corrected chi connectivity index (χ2v) is 6.93. The summed E-state index contributed by atoms with van der Waals surface area (Å²) in [4.78, 5) is 33.9. The van der Waals surface area contributed by atoms with Crippen molar-refractivity contribution in [1.82, 2.24) is 9.97 Å². The first-order valence-electron chi connectivity index (χ1n) is 8.56. The maximum atomic E-state index is 13.6. The Labute approximate surface area is 180 Å². The molecule has 0 aliphatic heterocycles. The van der Waals surface area contributed by atoms with Crippen molar-refractivity contribution in [3.8, 4) is 0 Å². The van der Waals surface area contributed by atoms with Gasteiger partial charge < -0.3 is 5.32 Å². The van der Waals surface area contributed by atoms with Crippen LogP contribution in [-0.2, 0) is 16.0 Å². The van der Waals surface area contributed by atoms with Crippen LogP contribution in [0.15, 0.2) is 48.9 Å². The van der Waals surface area contributed by atoms with Gasteiger partial charge in [0.1, 0.15) is 5.82 Å². The molecular formula is C20H14Cl2F2N4O2. The minimum atomic E-state index is -1.21. The molecule has 6 nitrogen and oxygen atoms in total. The van der Waals surface area contributed by atoms with Gasteiger partial charge in [-0.15, -0.1) is 0 Å². The number of rotatable bonds is 5. The first kappa shape index (κ1) is 21.6. The molecule has 0 bridgehead atoms. The Morgan fingerprint density at radius 2 is 1.90 bits per heavy atom. The molecule has 2 aromatic heterocycles. The molecule has 0 fully saturated rings. The lowest BCUT2D eigenvalue weighted by Crippen LogP contribution is -2.24. The van der Waals surface area contributed by atoms with E-state index in [0.717, 1.165) is 6.07 Å². The molecule has 0 spiro atoms. The van der Waals surface area contributed by atoms with Crippen LogP contribution in [0.5, 0.6) is 0 Å². The third-order valence-corrected chi connectivity index (χ3v) is 4.73. The van der Waals surface area contributed by atoms with E-state index in [1.807, 2.05) is 0 Å². The molecule has 1 aromatic carbocycles.